The molecule has 1 heterocycles. The second-order valence-electron chi connectivity index (χ2n) is 5.74. The van der Waals surface area contributed by atoms with Gasteiger partial charge in [-0.2, -0.15) is 0 Å². The number of halogens is 1. The third kappa shape index (κ3) is 5.36. The lowest BCUT2D eigenvalue weighted by Gasteiger charge is -2.18. The fourth-order valence-corrected chi connectivity index (χ4v) is 2.19. The van der Waals surface area contributed by atoms with Crippen molar-refractivity contribution in [3.8, 4) is 0 Å². The third-order valence-corrected chi connectivity index (χ3v) is 3.75. The van der Waals surface area contributed by atoms with Gasteiger partial charge in [0.05, 0.1) is 6.54 Å². The average molecular weight is 440 g/mol. The van der Waals surface area contributed by atoms with Gasteiger partial charge in [-0.3, -0.25) is 4.79 Å². The Labute approximate surface area is 160 Å². The molecule has 0 spiro atoms. The van der Waals surface area contributed by atoms with Crippen molar-refractivity contribution >= 4 is 29.9 Å². The fraction of sp³-hybridized carbons (Fsp3) is 0.333. The first-order valence-corrected chi connectivity index (χ1v) is 7.64. The van der Waals surface area contributed by atoms with Crippen molar-refractivity contribution in [1.29, 1.82) is 0 Å². The van der Waals surface area contributed by atoms with Crippen LogP contribution in [0.4, 0.5) is 0 Å². The van der Waals surface area contributed by atoms with E-state index in [1.807, 2.05) is 68.4 Å². The molecule has 2 rings (SSSR count). The van der Waals surface area contributed by atoms with Crippen molar-refractivity contribution in [3.63, 3.8) is 0 Å². The molecule has 0 aliphatic carbocycles. The number of aryl methyl sites for hydroxylation is 1. The lowest BCUT2D eigenvalue weighted by Crippen LogP contribution is -2.37. The van der Waals surface area contributed by atoms with Crippen LogP contribution in [0, 0.1) is 6.92 Å². The van der Waals surface area contributed by atoms with Gasteiger partial charge in [0.1, 0.15) is 0 Å². The van der Waals surface area contributed by atoms with Crippen LogP contribution in [0.15, 0.2) is 52.3 Å². The Bertz CT molecular complexity index is 738. The summed E-state index contributed by atoms with van der Waals surface area (Å²) in [5.41, 5.74) is 2.86. The van der Waals surface area contributed by atoms with Gasteiger partial charge >= 0.3 is 0 Å². The second kappa shape index (κ2) is 9.46. The van der Waals surface area contributed by atoms with Gasteiger partial charge in [0, 0.05) is 38.9 Å². The van der Waals surface area contributed by atoms with Crippen molar-refractivity contribution in [3.05, 3.63) is 69.6 Å². The fourth-order valence-electron chi connectivity index (χ4n) is 2.19. The monoisotopic (exact) mass is 440 g/mol. The van der Waals surface area contributed by atoms with Gasteiger partial charge in [0.15, 0.2) is 5.96 Å². The van der Waals surface area contributed by atoms with Crippen LogP contribution in [0.3, 0.4) is 0 Å². The zero-order chi connectivity index (χ0) is 16.8. The summed E-state index contributed by atoms with van der Waals surface area (Å²) < 4.78 is 1.66. The summed E-state index contributed by atoms with van der Waals surface area (Å²) in [6.45, 7) is 2.98. The molecule has 0 fully saturated rings. The topological polar surface area (TPSA) is 49.6 Å². The predicted molar refractivity (Wildman–Crippen MR) is 110 cm³/mol. The number of aromatic nitrogens is 1. The summed E-state index contributed by atoms with van der Waals surface area (Å²) in [6.07, 6.45) is 0. The van der Waals surface area contributed by atoms with E-state index in [4.69, 9.17) is 0 Å². The van der Waals surface area contributed by atoms with E-state index in [1.165, 1.54) is 0 Å². The summed E-state index contributed by atoms with van der Waals surface area (Å²) in [4.78, 5) is 18.7. The molecule has 0 amide bonds. The van der Waals surface area contributed by atoms with Crippen molar-refractivity contribution in [2.75, 3.05) is 14.1 Å². The summed E-state index contributed by atoms with van der Waals surface area (Å²) in [7, 11) is 5.66. The highest BCUT2D eigenvalue weighted by Crippen LogP contribution is 2.01. The molecular formula is C18H25IN4O. The molecule has 0 atom stereocenters. The van der Waals surface area contributed by atoms with Gasteiger partial charge in [-0.15, -0.1) is 24.0 Å². The number of hydrogen-bond acceptors (Lipinski definition) is 2. The number of benzene rings is 1. The Balaban J connectivity index is 0.00000288. The minimum Gasteiger partial charge on any atom is -0.352 e. The largest absolute Gasteiger partial charge is 0.352 e. The van der Waals surface area contributed by atoms with Crippen LogP contribution in [-0.2, 0) is 20.1 Å². The standard InChI is InChI=1S/C18H24N4O.HI/c1-14-10-11-16(17(23)22(14)4)13-20-18(21(2)3)19-12-15-8-6-5-7-9-15;/h5-11H,12-13H2,1-4H3,(H,19,20);1H. The van der Waals surface area contributed by atoms with Gasteiger partial charge in [-0.05, 0) is 18.6 Å². The first kappa shape index (κ1) is 20.2. The summed E-state index contributed by atoms with van der Waals surface area (Å²) in [6, 6.07) is 13.9. The van der Waals surface area contributed by atoms with Gasteiger partial charge < -0.3 is 14.8 Å². The number of hydrogen-bond donors (Lipinski definition) is 1. The summed E-state index contributed by atoms with van der Waals surface area (Å²) >= 11 is 0. The highest BCUT2D eigenvalue weighted by atomic mass is 127. The highest BCUT2D eigenvalue weighted by molar-refractivity contribution is 14.0. The van der Waals surface area contributed by atoms with E-state index in [2.05, 4.69) is 10.3 Å². The smallest absolute Gasteiger partial charge is 0.255 e. The Hall–Kier alpha value is -1.83. The summed E-state index contributed by atoms with van der Waals surface area (Å²) in [5, 5.41) is 3.26. The SMILES string of the molecule is Cc1ccc(CNC(=NCc2ccccc2)N(C)C)c(=O)n1C.I. The van der Waals surface area contributed by atoms with Crippen LogP contribution in [-0.4, -0.2) is 29.5 Å². The van der Waals surface area contributed by atoms with Crippen LogP contribution in [0.25, 0.3) is 0 Å². The molecule has 0 saturated heterocycles. The minimum atomic E-state index is 0. The third-order valence-electron chi connectivity index (χ3n) is 3.75. The quantitative estimate of drug-likeness (QED) is 0.452. The van der Waals surface area contributed by atoms with Crippen LogP contribution in [0.2, 0.25) is 0 Å². The van der Waals surface area contributed by atoms with Crippen LogP contribution in [0.1, 0.15) is 16.8 Å². The maximum atomic E-state index is 12.2. The molecule has 0 unspecified atom stereocenters. The zero-order valence-corrected chi connectivity index (χ0v) is 16.9. The normalized spacial score (nSPS) is 10.9. The zero-order valence-electron chi connectivity index (χ0n) is 14.6. The molecule has 24 heavy (non-hydrogen) atoms. The molecular weight excluding hydrogens is 415 g/mol. The Kier molecular flexibility index (Phi) is 7.97. The number of aliphatic imine (C=N–C) groups is 1. The molecule has 0 aliphatic rings. The maximum Gasteiger partial charge on any atom is 0.255 e. The van der Waals surface area contributed by atoms with E-state index in [9.17, 15) is 4.79 Å². The number of nitrogens with zero attached hydrogens (tertiary/aromatic N) is 3. The van der Waals surface area contributed by atoms with E-state index in [1.54, 1.807) is 11.6 Å². The molecule has 130 valence electrons. The van der Waals surface area contributed by atoms with Crippen molar-refractivity contribution in [2.24, 2.45) is 12.0 Å². The maximum absolute atomic E-state index is 12.2. The first-order chi connectivity index (χ1) is 11.0. The average Bonchev–Trinajstić information content (AvgIpc) is 2.55. The van der Waals surface area contributed by atoms with Crippen LogP contribution < -0.4 is 10.9 Å². The number of pyridine rings is 1. The highest BCUT2D eigenvalue weighted by Gasteiger charge is 2.06. The summed E-state index contributed by atoms with van der Waals surface area (Å²) in [5.74, 6) is 0.761. The Morgan fingerprint density at radius 2 is 1.83 bits per heavy atom. The first-order valence-electron chi connectivity index (χ1n) is 7.64. The molecule has 5 nitrogen and oxygen atoms in total. The minimum absolute atomic E-state index is 0. The lowest BCUT2D eigenvalue weighted by atomic mass is 10.2. The molecule has 0 bridgehead atoms. The van der Waals surface area contributed by atoms with Gasteiger partial charge in [0.25, 0.3) is 5.56 Å². The lowest BCUT2D eigenvalue weighted by molar-refractivity contribution is 0.577. The molecule has 0 saturated carbocycles. The number of nitrogens with one attached hydrogen (secondary N) is 1. The number of guanidine groups is 1. The predicted octanol–water partition coefficient (Wildman–Crippen LogP) is 2.52. The van der Waals surface area contributed by atoms with E-state index in [-0.39, 0.29) is 29.5 Å². The van der Waals surface area contributed by atoms with Crippen molar-refractivity contribution in [2.45, 2.75) is 20.0 Å². The molecule has 6 heteroatoms. The number of rotatable bonds is 4. The molecule has 1 N–H and O–H groups in total. The second-order valence-corrected chi connectivity index (χ2v) is 5.74. The van der Waals surface area contributed by atoms with Crippen LogP contribution in [0.5, 0.6) is 0 Å². The van der Waals surface area contributed by atoms with Crippen molar-refractivity contribution < 1.29 is 0 Å². The van der Waals surface area contributed by atoms with Crippen LogP contribution >= 0.6 is 24.0 Å². The molecule has 0 radical (unpaired) electrons. The van der Waals surface area contributed by atoms with Crippen molar-refractivity contribution in [1.82, 2.24) is 14.8 Å². The molecule has 2 aromatic rings. The van der Waals surface area contributed by atoms with Gasteiger partial charge in [-0.1, -0.05) is 36.4 Å². The van der Waals surface area contributed by atoms with E-state index >= 15 is 0 Å². The molecule has 1 aromatic heterocycles. The van der Waals surface area contributed by atoms with E-state index in [0.29, 0.717) is 13.1 Å². The van der Waals surface area contributed by atoms with E-state index in [0.717, 1.165) is 22.8 Å². The Morgan fingerprint density at radius 1 is 1.17 bits per heavy atom. The molecule has 0 aliphatic heterocycles. The van der Waals surface area contributed by atoms with E-state index < -0.39 is 0 Å². The van der Waals surface area contributed by atoms with Gasteiger partial charge in [-0.25, -0.2) is 4.99 Å². The Morgan fingerprint density at radius 3 is 2.46 bits per heavy atom. The molecule has 1 aromatic carbocycles. The van der Waals surface area contributed by atoms with Gasteiger partial charge in [0.2, 0.25) is 0 Å².